The Morgan fingerprint density at radius 3 is 2.33 bits per heavy atom. The monoisotopic (exact) mass is 602 g/mol. The van der Waals surface area contributed by atoms with Crippen molar-refractivity contribution in [3.63, 3.8) is 0 Å². The van der Waals surface area contributed by atoms with Crippen molar-refractivity contribution in [3.05, 3.63) is 125 Å². The SMILES string of the molecule is CC12CCCCC1(C)N(c1cc(Cl)cc(N(c3cccc(Cl)c3)c3cccc4c3oc3ccccc34)c1)c1ccccc12. The maximum absolute atomic E-state index is 7.04. The number of anilines is 5. The lowest BCUT2D eigenvalue weighted by Gasteiger charge is -2.50. The summed E-state index contributed by atoms with van der Waals surface area (Å²) in [7, 11) is 0. The number of fused-ring (bicyclic) bond motifs is 6. The van der Waals surface area contributed by atoms with E-state index in [0.29, 0.717) is 10.0 Å². The fraction of sp³-hybridized carbons (Fsp3) is 0.211. The molecule has 8 rings (SSSR count). The first-order valence-electron chi connectivity index (χ1n) is 15.0. The van der Waals surface area contributed by atoms with Crippen LogP contribution in [-0.4, -0.2) is 5.54 Å². The van der Waals surface area contributed by atoms with Crippen LogP contribution in [0.3, 0.4) is 0 Å². The minimum Gasteiger partial charge on any atom is -0.454 e. The fourth-order valence-electron chi connectivity index (χ4n) is 7.87. The van der Waals surface area contributed by atoms with E-state index in [4.69, 9.17) is 27.6 Å². The second-order valence-electron chi connectivity index (χ2n) is 12.4. The van der Waals surface area contributed by atoms with Crippen LogP contribution in [-0.2, 0) is 5.41 Å². The summed E-state index contributed by atoms with van der Waals surface area (Å²) in [5.74, 6) is 0. The molecule has 214 valence electrons. The molecule has 2 unspecified atom stereocenters. The molecule has 1 aromatic heterocycles. The topological polar surface area (TPSA) is 19.6 Å². The Hall–Kier alpha value is -3.92. The number of hydrogen-bond donors (Lipinski definition) is 0. The van der Waals surface area contributed by atoms with Crippen molar-refractivity contribution in [3.8, 4) is 0 Å². The summed E-state index contributed by atoms with van der Waals surface area (Å²) in [6.45, 7) is 4.90. The van der Waals surface area contributed by atoms with Gasteiger partial charge in [-0.05, 0) is 79.9 Å². The molecule has 0 saturated heterocycles. The van der Waals surface area contributed by atoms with E-state index in [1.54, 1.807) is 0 Å². The molecule has 0 spiro atoms. The molecule has 1 aliphatic carbocycles. The van der Waals surface area contributed by atoms with Crippen LogP contribution in [0.2, 0.25) is 10.0 Å². The van der Waals surface area contributed by atoms with Gasteiger partial charge in [0.1, 0.15) is 5.58 Å². The van der Waals surface area contributed by atoms with Crippen LogP contribution in [0.5, 0.6) is 0 Å². The molecule has 5 aromatic carbocycles. The van der Waals surface area contributed by atoms with Gasteiger partial charge in [0.25, 0.3) is 0 Å². The van der Waals surface area contributed by atoms with Crippen molar-refractivity contribution in [1.29, 1.82) is 0 Å². The number of para-hydroxylation sites is 3. The van der Waals surface area contributed by atoms with Crippen molar-refractivity contribution >= 4 is 73.6 Å². The molecule has 1 saturated carbocycles. The molecule has 5 heteroatoms. The van der Waals surface area contributed by atoms with Crippen molar-refractivity contribution in [1.82, 2.24) is 0 Å². The highest BCUT2D eigenvalue weighted by atomic mass is 35.5. The Morgan fingerprint density at radius 2 is 1.44 bits per heavy atom. The van der Waals surface area contributed by atoms with Gasteiger partial charge in [0.05, 0.1) is 11.2 Å². The maximum atomic E-state index is 7.04. The molecule has 2 aliphatic rings. The molecule has 0 bridgehead atoms. The summed E-state index contributed by atoms with van der Waals surface area (Å²) in [5.41, 5.74) is 8.27. The number of rotatable bonds is 4. The Labute approximate surface area is 262 Å². The number of furan rings is 1. The largest absolute Gasteiger partial charge is 0.454 e. The molecule has 0 N–H and O–H groups in total. The van der Waals surface area contributed by atoms with Crippen molar-refractivity contribution < 1.29 is 4.42 Å². The van der Waals surface area contributed by atoms with Gasteiger partial charge in [-0.2, -0.15) is 0 Å². The average Bonchev–Trinajstić information content (AvgIpc) is 3.48. The van der Waals surface area contributed by atoms with Crippen LogP contribution in [0.4, 0.5) is 28.4 Å². The van der Waals surface area contributed by atoms with Crippen molar-refractivity contribution in [2.24, 2.45) is 0 Å². The predicted molar refractivity (Wildman–Crippen MR) is 181 cm³/mol. The van der Waals surface area contributed by atoms with Gasteiger partial charge in [-0.15, -0.1) is 0 Å². The van der Waals surface area contributed by atoms with Gasteiger partial charge in [-0.3, -0.25) is 0 Å². The highest BCUT2D eigenvalue weighted by Gasteiger charge is 2.57. The number of halogens is 2. The first-order valence-corrected chi connectivity index (χ1v) is 15.8. The Balaban J connectivity index is 1.37. The van der Waals surface area contributed by atoms with E-state index in [1.165, 1.54) is 30.5 Å². The summed E-state index contributed by atoms with van der Waals surface area (Å²) in [4.78, 5) is 4.78. The quantitative estimate of drug-likeness (QED) is 0.200. The van der Waals surface area contributed by atoms with Gasteiger partial charge < -0.3 is 14.2 Å². The fourth-order valence-corrected chi connectivity index (χ4v) is 8.28. The summed E-state index contributed by atoms with van der Waals surface area (Å²) in [5, 5.41) is 3.51. The number of benzene rings is 5. The van der Waals surface area contributed by atoms with Gasteiger partial charge in [0, 0.05) is 49.0 Å². The van der Waals surface area contributed by atoms with Crippen LogP contribution in [0.15, 0.2) is 114 Å². The van der Waals surface area contributed by atoms with Gasteiger partial charge in [0.15, 0.2) is 5.58 Å². The summed E-state index contributed by atoms with van der Waals surface area (Å²) in [6, 6.07) is 37.8. The number of nitrogens with zero attached hydrogens (tertiary/aromatic N) is 2. The molecule has 43 heavy (non-hydrogen) atoms. The molecule has 2 heterocycles. The minimum atomic E-state index is -0.0729. The first-order chi connectivity index (χ1) is 20.9. The summed E-state index contributed by atoms with van der Waals surface area (Å²) in [6.07, 6.45) is 4.76. The highest BCUT2D eigenvalue weighted by Crippen LogP contribution is 2.61. The molecule has 3 nitrogen and oxygen atoms in total. The lowest BCUT2D eigenvalue weighted by Crippen LogP contribution is -2.54. The van der Waals surface area contributed by atoms with Crippen LogP contribution >= 0.6 is 23.2 Å². The number of hydrogen-bond acceptors (Lipinski definition) is 3. The lowest BCUT2D eigenvalue weighted by atomic mass is 9.61. The van der Waals surface area contributed by atoms with E-state index in [2.05, 4.69) is 96.4 Å². The molecule has 0 amide bonds. The van der Waals surface area contributed by atoms with Crippen LogP contribution in [0.1, 0.15) is 45.1 Å². The molecule has 6 aromatic rings. The third-order valence-corrected chi connectivity index (χ3v) is 10.5. The normalized spacial score (nSPS) is 21.3. The average molecular weight is 604 g/mol. The Morgan fingerprint density at radius 1 is 0.698 bits per heavy atom. The maximum Gasteiger partial charge on any atom is 0.159 e. The second kappa shape index (κ2) is 9.80. The molecule has 2 atom stereocenters. The van der Waals surface area contributed by atoms with E-state index in [1.807, 2.05) is 36.4 Å². The third kappa shape index (κ3) is 3.95. The zero-order valence-corrected chi connectivity index (χ0v) is 25.8. The van der Waals surface area contributed by atoms with E-state index < -0.39 is 0 Å². The molecular weight excluding hydrogens is 571 g/mol. The Kier molecular flexibility index (Phi) is 6.08. The Bertz CT molecular complexity index is 2030. The van der Waals surface area contributed by atoms with E-state index in [9.17, 15) is 0 Å². The molecule has 1 aliphatic heterocycles. The lowest BCUT2D eigenvalue weighted by molar-refractivity contribution is 0.195. The zero-order valence-electron chi connectivity index (χ0n) is 24.3. The van der Waals surface area contributed by atoms with E-state index in [-0.39, 0.29) is 11.0 Å². The first kappa shape index (κ1) is 26.7. The molecular formula is C38H32Cl2N2O. The minimum absolute atomic E-state index is 0.0524. The van der Waals surface area contributed by atoms with Gasteiger partial charge in [-0.1, -0.05) is 97.6 Å². The standard InChI is InChI=1S/C38H32Cl2N2O/c1-37-19-7-8-20-38(37,2)42(33-16-5-4-15-32(33)37)29-23-26(40)22-28(24-29)41(27-12-9-11-25(39)21-27)34-17-10-14-31-30-13-3-6-18-35(30)43-36(31)34/h3-6,9-18,21-24H,7-8,19-20H2,1-2H3. The van der Waals surface area contributed by atoms with Gasteiger partial charge in [0.2, 0.25) is 0 Å². The smallest absolute Gasteiger partial charge is 0.159 e. The summed E-state index contributed by atoms with van der Waals surface area (Å²) >= 11 is 13.6. The molecule has 0 radical (unpaired) electrons. The molecule has 1 fully saturated rings. The zero-order chi connectivity index (χ0) is 29.3. The van der Waals surface area contributed by atoms with Crippen molar-refractivity contribution in [2.75, 3.05) is 9.80 Å². The third-order valence-electron chi connectivity index (χ3n) is 10.1. The van der Waals surface area contributed by atoms with Gasteiger partial charge in [-0.25, -0.2) is 0 Å². The van der Waals surface area contributed by atoms with Crippen molar-refractivity contribution in [2.45, 2.75) is 50.5 Å². The summed E-state index contributed by atoms with van der Waals surface area (Å²) < 4.78 is 6.53. The predicted octanol–water partition coefficient (Wildman–Crippen LogP) is 12.1. The van der Waals surface area contributed by atoms with E-state index >= 15 is 0 Å². The van der Waals surface area contributed by atoms with Crippen LogP contribution in [0.25, 0.3) is 21.9 Å². The van der Waals surface area contributed by atoms with Crippen LogP contribution in [0, 0.1) is 0 Å². The van der Waals surface area contributed by atoms with Gasteiger partial charge >= 0.3 is 0 Å². The van der Waals surface area contributed by atoms with Crippen LogP contribution < -0.4 is 9.80 Å². The van der Waals surface area contributed by atoms with E-state index in [0.717, 1.165) is 51.1 Å². The second-order valence-corrected chi connectivity index (χ2v) is 13.3. The highest BCUT2D eigenvalue weighted by molar-refractivity contribution is 6.31.